The molecule has 1 heterocycles. The lowest BCUT2D eigenvalue weighted by atomic mass is 10.2. The third-order valence-corrected chi connectivity index (χ3v) is 4.34. The van der Waals surface area contributed by atoms with Crippen LogP contribution in [0, 0.1) is 0 Å². The van der Waals surface area contributed by atoms with Gasteiger partial charge in [0, 0.05) is 16.9 Å². The smallest absolute Gasteiger partial charge is 0.329 e. The quantitative estimate of drug-likeness (QED) is 0.268. The molecular weight excluding hydrogens is 446 g/mol. The molecule has 2 aromatic carbocycles. The van der Waals surface area contributed by atoms with Crippen molar-refractivity contribution in [2.24, 2.45) is 5.10 Å². The summed E-state index contributed by atoms with van der Waals surface area (Å²) in [6, 6.07) is 18.7. The summed E-state index contributed by atoms with van der Waals surface area (Å²) < 4.78 is 5.45. The second-order valence-corrected chi connectivity index (χ2v) is 7.06. The van der Waals surface area contributed by atoms with Crippen molar-refractivity contribution in [3.8, 4) is 5.75 Å². The van der Waals surface area contributed by atoms with E-state index >= 15 is 0 Å². The number of nitrogens with zero attached hydrogens (tertiary/aromatic N) is 2. The Kier molecular flexibility index (Phi) is 8.49. The highest BCUT2D eigenvalue weighted by atomic mass is 35.5. The van der Waals surface area contributed by atoms with Gasteiger partial charge in [0.2, 0.25) is 0 Å². The van der Waals surface area contributed by atoms with Crippen molar-refractivity contribution < 1.29 is 19.1 Å². The van der Waals surface area contributed by atoms with E-state index < -0.39 is 11.8 Å². The minimum Gasteiger partial charge on any atom is -0.484 e. The SMILES string of the molecule is O=C(COc1ccc(/C=N\NC(=O)C(=O)NCc2ccccn2)cc1)Nc1cccc(Cl)c1. The van der Waals surface area contributed by atoms with Gasteiger partial charge in [-0.25, -0.2) is 5.43 Å². The lowest BCUT2D eigenvalue weighted by molar-refractivity contribution is -0.139. The van der Waals surface area contributed by atoms with Crippen LogP contribution in [0.1, 0.15) is 11.3 Å². The predicted molar refractivity (Wildman–Crippen MR) is 124 cm³/mol. The van der Waals surface area contributed by atoms with E-state index in [4.69, 9.17) is 16.3 Å². The Morgan fingerprint density at radius 3 is 2.55 bits per heavy atom. The van der Waals surface area contributed by atoms with Gasteiger partial charge >= 0.3 is 11.8 Å². The third kappa shape index (κ3) is 8.08. The van der Waals surface area contributed by atoms with Crippen LogP contribution in [0.3, 0.4) is 0 Å². The molecule has 0 unspecified atom stereocenters. The lowest BCUT2D eigenvalue weighted by Gasteiger charge is -2.08. The summed E-state index contributed by atoms with van der Waals surface area (Å²) in [6.07, 6.45) is 2.97. The third-order valence-electron chi connectivity index (χ3n) is 4.10. The zero-order chi connectivity index (χ0) is 23.5. The summed E-state index contributed by atoms with van der Waals surface area (Å²) in [5.74, 6) is -1.57. The Hall–Kier alpha value is -4.24. The van der Waals surface area contributed by atoms with Crippen LogP contribution >= 0.6 is 11.6 Å². The number of nitrogens with one attached hydrogen (secondary N) is 3. The van der Waals surface area contributed by atoms with Crippen LogP contribution < -0.4 is 20.8 Å². The summed E-state index contributed by atoms with van der Waals surface area (Å²) in [7, 11) is 0. The normalized spacial score (nSPS) is 10.5. The highest BCUT2D eigenvalue weighted by Gasteiger charge is 2.12. The van der Waals surface area contributed by atoms with Crippen LogP contribution in [-0.4, -0.2) is 35.5 Å². The average Bonchev–Trinajstić information content (AvgIpc) is 2.82. The van der Waals surface area contributed by atoms with Crippen LogP contribution in [0.25, 0.3) is 0 Å². The first-order chi connectivity index (χ1) is 16.0. The minimum absolute atomic E-state index is 0.134. The van der Waals surface area contributed by atoms with Crippen molar-refractivity contribution in [1.29, 1.82) is 0 Å². The molecule has 3 N–H and O–H groups in total. The molecule has 1 aromatic heterocycles. The monoisotopic (exact) mass is 465 g/mol. The molecule has 3 aromatic rings. The van der Waals surface area contributed by atoms with Gasteiger partial charge in [-0.3, -0.25) is 19.4 Å². The molecule has 10 heteroatoms. The van der Waals surface area contributed by atoms with Crippen molar-refractivity contribution in [3.63, 3.8) is 0 Å². The number of carbonyl (C=O) groups is 3. The number of rotatable bonds is 8. The number of hydrogen-bond acceptors (Lipinski definition) is 6. The molecule has 0 spiro atoms. The molecule has 3 rings (SSSR count). The second-order valence-electron chi connectivity index (χ2n) is 6.62. The topological polar surface area (TPSA) is 122 Å². The van der Waals surface area contributed by atoms with Gasteiger partial charge in [0.05, 0.1) is 18.5 Å². The summed E-state index contributed by atoms with van der Waals surface area (Å²) >= 11 is 5.88. The summed E-state index contributed by atoms with van der Waals surface area (Å²) in [5.41, 5.74) is 4.02. The van der Waals surface area contributed by atoms with Crippen molar-refractivity contribution in [2.75, 3.05) is 11.9 Å². The lowest BCUT2D eigenvalue weighted by Crippen LogP contribution is -2.37. The number of amides is 3. The Balaban J connectivity index is 1.39. The van der Waals surface area contributed by atoms with E-state index in [1.54, 1.807) is 72.9 Å². The van der Waals surface area contributed by atoms with E-state index in [0.717, 1.165) is 0 Å². The molecule has 9 nitrogen and oxygen atoms in total. The van der Waals surface area contributed by atoms with Gasteiger partial charge < -0.3 is 15.4 Å². The Morgan fingerprint density at radius 2 is 1.82 bits per heavy atom. The fourth-order valence-corrected chi connectivity index (χ4v) is 2.72. The first kappa shape index (κ1) is 23.4. The summed E-state index contributed by atoms with van der Waals surface area (Å²) in [4.78, 5) is 39.6. The van der Waals surface area contributed by atoms with Crippen molar-refractivity contribution in [1.82, 2.24) is 15.7 Å². The first-order valence-corrected chi connectivity index (χ1v) is 10.2. The van der Waals surface area contributed by atoms with Gasteiger partial charge in [-0.1, -0.05) is 23.7 Å². The van der Waals surface area contributed by atoms with Gasteiger partial charge in [0.25, 0.3) is 5.91 Å². The van der Waals surface area contributed by atoms with E-state index in [9.17, 15) is 14.4 Å². The highest BCUT2D eigenvalue weighted by Crippen LogP contribution is 2.15. The van der Waals surface area contributed by atoms with Gasteiger partial charge in [0.1, 0.15) is 5.75 Å². The van der Waals surface area contributed by atoms with Crippen LogP contribution in [0.5, 0.6) is 5.75 Å². The number of hydrogen-bond donors (Lipinski definition) is 3. The first-order valence-electron chi connectivity index (χ1n) is 9.79. The van der Waals surface area contributed by atoms with E-state index in [-0.39, 0.29) is 19.1 Å². The summed E-state index contributed by atoms with van der Waals surface area (Å²) in [5, 5.41) is 9.42. The van der Waals surface area contributed by atoms with Crippen LogP contribution in [0.2, 0.25) is 5.02 Å². The van der Waals surface area contributed by atoms with Crippen molar-refractivity contribution >= 4 is 41.2 Å². The van der Waals surface area contributed by atoms with Crippen LogP contribution in [-0.2, 0) is 20.9 Å². The van der Waals surface area contributed by atoms with E-state index in [2.05, 4.69) is 26.1 Å². The maximum Gasteiger partial charge on any atom is 0.329 e. The maximum absolute atomic E-state index is 12.0. The molecule has 0 fully saturated rings. The Morgan fingerprint density at radius 1 is 1.00 bits per heavy atom. The average molecular weight is 466 g/mol. The molecular formula is C23H20ClN5O4. The number of carbonyl (C=O) groups excluding carboxylic acids is 3. The zero-order valence-electron chi connectivity index (χ0n) is 17.3. The summed E-state index contributed by atoms with van der Waals surface area (Å²) in [6.45, 7) is -0.0427. The predicted octanol–water partition coefficient (Wildman–Crippen LogP) is 2.52. The number of hydrazone groups is 1. The van der Waals surface area contributed by atoms with Crippen molar-refractivity contribution in [3.05, 3.63) is 89.2 Å². The fourth-order valence-electron chi connectivity index (χ4n) is 2.53. The van der Waals surface area contributed by atoms with E-state index in [1.807, 2.05) is 0 Å². The molecule has 0 radical (unpaired) electrons. The van der Waals surface area contributed by atoms with Gasteiger partial charge in [-0.2, -0.15) is 5.10 Å². The van der Waals surface area contributed by atoms with Crippen LogP contribution in [0.15, 0.2) is 78.0 Å². The number of pyridine rings is 1. The molecule has 0 saturated heterocycles. The van der Waals surface area contributed by atoms with Crippen molar-refractivity contribution in [2.45, 2.75) is 6.54 Å². The van der Waals surface area contributed by atoms with Gasteiger partial charge in [0.15, 0.2) is 6.61 Å². The Labute approximate surface area is 194 Å². The molecule has 33 heavy (non-hydrogen) atoms. The Bertz CT molecular complexity index is 1140. The number of anilines is 1. The number of ether oxygens (including phenoxy) is 1. The van der Waals surface area contributed by atoms with Gasteiger partial charge in [-0.15, -0.1) is 0 Å². The zero-order valence-corrected chi connectivity index (χ0v) is 18.1. The number of benzene rings is 2. The number of aromatic nitrogens is 1. The minimum atomic E-state index is -0.896. The van der Waals surface area contributed by atoms with E-state index in [1.165, 1.54) is 6.21 Å². The molecule has 0 aliphatic rings. The molecule has 168 valence electrons. The maximum atomic E-state index is 12.0. The van der Waals surface area contributed by atoms with Gasteiger partial charge in [-0.05, 0) is 60.2 Å². The largest absolute Gasteiger partial charge is 0.484 e. The van der Waals surface area contributed by atoms with E-state index in [0.29, 0.717) is 27.7 Å². The molecule has 3 amide bonds. The molecule has 0 aliphatic carbocycles. The second kappa shape index (κ2) is 12.0. The molecule has 0 aliphatic heterocycles. The highest BCUT2D eigenvalue weighted by molar-refractivity contribution is 6.35. The fraction of sp³-hybridized carbons (Fsp3) is 0.0870. The molecule has 0 saturated carbocycles. The van der Waals surface area contributed by atoms with Crippen LogP contribution in [0.4, 0.5) is 5.69 Å². The molecule has 0 atom stereocenters. The number of halogens is 1. The molecule has 0 bridgehead atoms. The standard InChI is InChI=1S/C23H20ClN5O4/c24-17-4-3-6-18(12-17)28-21(30)15-33-20-9-7-16(8-10-20)13-27-29-23(32)22(31)26-14-19-5-1-2-11-25-19/h1-13H,14-15H2,(H,26,31)(H,28,30)(H,29,32)/b27-13-.